The summed E-state index contributed by atoms with van der Waals surface area (Å²) in [5.74, 6) is 1.62. The molecule has 0 unspecified atom stereocenters. The Kier molecular flexibility index (Phi) is 6.76. The molecule has 1 heterocycles. The smallest absolute Gasteiger partial charge is 0.203 e. The Labute approximate surface area is 166 Å². The van der Waals surface area contributed by atoms with Crippen LogP contribution >= 0.6 is 0 Å². The second-order valence-corrected chi connectivity index (χ2v) is 6.67. The van der Waals surface area contributed by atoms with Gasteiger partial charge in [-0.05, 0) is 49.5 Å². The summed E-state index contributed by atoms with van der Waals surface area (Å²) in [6.07, 6.45) is 0. The van der Waals surface area contributed by atoms with Crippen molar-refractivity contribution in [3.63, 3.8) is 0 Å². The molecule has 3 aromatic rings. The summed E-state index contributed by atoms with van der Waals surface area (Å²) in [6.45, 7) is 9.30. The quantitative estimate of drug-likeness (QED) is 0.585. The van der Waals surface area contributed by atoms with Gasteiger partial charge in [-0.1, -0.05) is 26.0 Å². The summed E-state index contributed by atoms with van der Waals surface area (Å²) in [6, 6.07) is 15.8. The molecule has 6 nitrogen and oxygen atoms in total. The number of methoxy groups -OCH3 is 1. The first-order valence-corrected chi connectivity index (χ1v) is 9.89. The first kappa shape index (κ1) is 20.0. The van der Waals surface area contributed by atoms with Crippen LogP contribution in [-0.4, -0.2) is 47.4 Å². The number of nitrogens with one attached hydrogen (secondary N) is 1. The van der Waals surface area contributed by atoms with Crippen LogP contribution in [0.2, 0.25) is 0 Å². The van der Waals surface area contributed by atoms with Crippen LogP contribution in [0.3, 0.4) is 0 Å². The Bertz CT molecular complexity index is 939. The molecule has 0 bridgehead atoms. The van der Waals surface area contributed by atoms with E-state index in [1.807, 2.05) is 41.0 Å². The summed E-state index contributed by atoms with van der Waals surface area (Å²) in [5.41, 5.74) is 2.70. The Morgan fingerprint density at radius 3 is 2.00 bits per heavy atom. The van der Waals surface area contributed by atoms with Crippen LogP contribution in [0.5, 0.6) is 11.5 Å². The van der Waals surface area contributed by atoms with E-state index in [9.17, 15) is 0 Å². The van der Waals surface area contributed by atoms with Gasteiger partial charge in [0.05, 0.1) is 24.7 Å². The number of likely N-dealkylation sites (N-methyl/N-ethyl adjacent to an activating group) is 1. The topological polar surface area (TPSA) is 55.4 Å². The van der Waals surface area contributed by atoms with Crippen molar-refractivity contribution in [2.75, 3.05) is 33.4 Å². The monoisotopic (exact) mass is 382 g/mol. The van der Waals surface area contributed by atoms with Crippen molar-refractivity contribution >= 4 is 11.0 Å². The zero-order valence-electron chi connectivity index (χ0n) is 17.0. The fourth-order valence-electron chi connectivity index (χ4n) is 3.46. The highest BCUT2D eigenvalue weighted by Gasteiger charge is 2.11. The van der Waals surface area contributed by atoms with E-state index in [-0.39, 0.29) is 0 Å². The van der Waals surface area contributed by atoms with Gasteiger partial charge in [-0.2, -0.15) is 0 Å². The lowest BCUT2D eigenvalue weighted by atomic mass is 10.3. The largest absolute Gasteiger partial charge is 0.497 e. The number of hydrogen-bond donors (Lipinski definition) is 1. The zero-order valence-corrected chi connectivity index (χ0v) is 17.0. The van der Waals surface area contributed by atoms with Gasteiger partial charge in [-0.3, -0.25) is 5.41 Å². The Morgan fingerprint density at radius 2 is 1.43 bits per heavy atom. The van der Waals surface area contributed by atoms with Crippen molar-refractivity contribution in [2.24, 2.45) is 0 Å². The van der Waals surface area contributed by atoms with E-state index in [2.05, 4.69) is 35.4 Å². The lowest BCUT2D eigenvalue weighted by Crippen LogP contribution is -2.32. The van der Waals surface area contributed by atoms with Gasteiger partial charge in [0.15, 0.2) is 0 Å². The average Bonchev–Trinajstić information content (AvgIpc) is 3.01. The molecule has 0 radical (unpaired) electrons. The van der Waals surface area contributed by atoms with Crippen LogP contribution in [0.1, 0.15) is 13.8 Å². The van der Waals surface area contributed by atoms with E-state index >= 15 is 0 Å². The van der Waals surface area contributed by atoms with E-state index in [4.69, 9.17) is 14.9 Å². The van der Waals surface area contributed by atoms with Crippen molar-refractivity contribution in [3.8, 4) is 11.5 Å². The third-order valence-electron chi connectivity index (χ3n) is 5.15. The van der Waals surface area contributed by atoms with Gasteiger partial charge < -0.3 is 23.5 Å². The Balaban J connectivity index is 1.75. The molecule has 3 rings (SSSR count). The summed E-state index contributed by atoms with van der Waals surface area (Å²) in [7, 11) is 1.65. The van der Waals surface area contributed by atoms with Gasteiger partial charge in [0.2, 0.25) is 5.62 Å². The van der Waals surface area contributed by atoms with Gasteiger partial charge in [0.1, 0.15) is 18.1 Å². The molecule has 0 fully saturated rings. The van der Waals surface area contributed by atoms with E-state index < -0.39 is 0 Å². The summed E-state index contributed by atoms with van der Waals surface area (Å²) >= 11 is 0. The first-order valence-electron chi connectivity index (χ1n) is 9.89. The lowest BCUT2D eigenvalue weighted by molar-refractivity contribution is 0.284. The van der Waals surface area contributed by atoms with Crippen LogP contribution in [0.4, 0.5) is 0 Å². The van der Waals surface area contributed by atoms with E-state index in [1.54, 1.807) is 7.11 Å². The standard InChI is InChI=1S/C22H30N4O2/c1-4-24(5-2)14-15-25-20-8-6-7-9-21(20)26(22(25)23)16-17-28-19-12-10-18(27-3)11-13-19/h6-13,23H,4-5,14-17H2,1-3H3. The molecule has 0 saturated carbocycles. The van der Waals surface area contributed by atoms with Crippen molar-refractivity contribution < 1.29 is 9.47 Å². The van der Waals surface area contributed by atoms with Gasteiger partial charge in [-0.25, -0.2) is 0 Å². The van der Waals surface area contributed by atoms with Crippen molar-refractivity contribution in [1.82, 2.24) is 14.0 Å². The van der Waals surface area contributed by atoms with Crippen LogP contribution in [0.15, 0.2) is 48.5 Å². The lowest BCUT2D eigenvalue weighted by Gasteiger charge is -2.18. The molecule has 0 aliphatic carbocycles. The summed E-state index contributed by atoms with van der Waals surface area (Å²) in [5, 5.41) is 8.70. The molecular formula is C22H30N4O2. The predicted molar refractivity (Wildman–Crippen MR) is 112 cm³/mol. The number of imidazole rings is 1. The maximum absolute atomic E-state index is 8.70. The number of nitrogens with zero attached hydrogens (tertiary/aromatic N) is 3. The molecule has 1 aromatic heterocycles. The van der Waals surface area contributed by atoms with Gasteiger partial charge >= 0.3 is 0 Å². The van der Waals surface area contributed by atoms with Crippen LogP contribution in [-0.2, 0) is 13.1 Å². The highest BCUT2D eigenvalue weighted by molar-refractivity contribution is 5.75. The summed E-state index contributed by atoms with van der Waals surface area (Å²) < 4.78 is 15.2. The minimum absolute atomic E-state index is 0.507. The van der Waals surface area contributed by atoms with Crippen LogP contribution in [0, 0.1) is 5.41 Å². The molecule has 28 heavy (non-hydrogen) atoms. The zero-order chi connectivity index (χ0) is 19.9. The third-order valence-corrected chi connectivity index (χ3v) is 5.15. The van der Waals surface area contributed by atoms with Gasteiger partial charge in [0.25, 0.3) is 0 Å². The molecule has 0 saturated heterocycles. The molecule has 0 aliphatic rings. The minimum atomic E-state index is 0.507. The van der Waals surface area contributed by atoms with Crippen molar-refractivity contribution in [1.29, 1.82) is 5.41 Å². The van der Waals surface area contributed by atoms with Crippen LogP contribution < -0.4 is 15.1 Å². The molecule has 0 aliphatic heterocycles. The molecule has 0 atom stereocenters. The highest BCUT2D eigenvalue weighted by atomic mass is 16.5. The second kappa shape index (κ2) is 9.46. The third kappa shape index (κ3) is 4.39. The Morgan fingerprint density at radius 1 is 0.857 bits per heavy atom. The first-order chi connectivity index (χ1) is 13.7. The van der Waals surface area contributed by atoms with E-state index in [0.29, 0.717) is 18.8 Å². The normalized spacial score (nSPS) is 11.3. The number of ether oxygens (including phenoxy) is 2. The number of hydrogen-bond acceptors (Lipinski definition) is 4. The highest BCUT2D eigenvalue weighted by Crippen LogP contribution is 2.17. The molecule has 1 N–H and O–H groups in total. The maximum Gasteiger partial charge on any atom is 0.203 e. The van der Waals surface area contributed by atoms with Crippen molar-refractivity contribution in [3.05, 3.63) is 54.1 Å². The molecule has 0 amide bonds. The number of aromatic nitrogens is 2. The predicted octanol–water partition coefficient (Wildman–Crippen LogP) is 3.35. The average molecular weight is 383 g/mol. The van der Waals surface area contributed by atoms with E-state index in [1.165, 1.54) is 0 Å². The fraction of sp³-hybridized carbons (Fsp3) is 0.409. The molecule has 2 aromatic carbocycles. The maximum atomic E-state index is 8.70. The van der Waals surface area contributed by atoms with Crippen LogP contribution in [0.25, 0.3) is 11.0 Å². The van der Waals surface area contributed by atoms with Gasteiger partial charge in [0, 0.05) is 13.1 Å². The number of benzene rings is 2. The fourth-order valence-corrected chi connectivity index (χ4v) is 3.46. The molecule has 6 heteroatoms. The van der Waals surface area contributed by atoms with Crippen molar-refractivity contribution in [2.45, 2.75) is 26.9 Å². The number of fused-ring (bicyclic) bond motifs is 1. The summed E-state index contributed by atoms with van der Waals surface area (Å²) in [4.78, 5) is 2.38. The van der Waals surface area contributed by atoms with Gasteiger partial charge in [-0.15, -0.1) is 0 Å². The SMILES string of the molecule is CCN(CC)CCn1c(=N)n(CCOc2ccc(OC)cc2)c2ccccc21. The number of para-hydroxylation sites is 2. The molecule has 150 valence electrons. The molecule has 0 spiro atoms. The number of rotatable bonds is 10. The minimum Gasteiger partial charge on any atom is -0.497 e. The Hall–Kier alpha value is -2.73. The second-order valence-electron chi connectivity index (χ2n) is 6.67. The van der Waals surface area contributed by atoms with E-state index in [0.717, 1.165) is 48.7 Å². The molecular weight excluding hydrogens is 352 g/mol.